The average Bonchev–Trinajstić information content (AvgIpc) is 2.99. The van der Waals surface area contributed by atoms with Crippen molar-refractivity contribution < 1.29 is 10.2 Å². The molecule has 94 valence electrons. The molecular formula is C14H26O2. The van der Waals surface area contributed by atoms with Crippen LogP contribution in [0.25, 0.3) is 0 Å². The first-order valence-electron chi connectivity index (χ1n) is 7.09. The van der Waals surface area contributed by atoms with E-state index in [-0.39, 0.29) is 0 Å². The minimum absolute atomic E-state index is 0.366. The fraction of sp³-hybridized carbons (Fsp3) is 1.00. The highest BCUT2D eigenvalue weighted by Crippen LogP contribution is 2.52. The fourth-order valence-electron chi connectivity index (χ4n) is 3.36. The van der Waals surface area contributed by atoms with Gasteiger partial charge in [-0.25, -0.2) is 0 Å². The summed E-state index contributed by atoms with van der Waals surface area (Å²) in [6, 6.07) is 0. The van der Waals surface area contributed by atoms with Crippen molar-refractivity contribution in [1.82, 2.24) is 0 Å². The number of hydrogen-bond acceptors (Lipinski definition) is 2. The predicted octanol–water partition coefficient (Wildman–Crippen LogP) is 2.87. The highest BCUT2D eigenvalue weighted by molar-refractivity contribution is 5.09. The molecule has 0 aromatic heterocycles. The molecule has 0 aromatic rings. The van der Waals surface area contributed by atoms with Gasteiger partial charge in [-0.2, -0.15) is 0 Å². The summed E-state index contributed by atoms with van der Waals surface area (Å²) < 4.78 is 0. The van der Waals surface area contributed by atoms with Crippen LogP contribution >= 0.6 is 0 Å². The lowest BCUT2D eigenvalue weighted by Crippen LogP contribution is -2.38. The van der Waals surface area contributed by atoms with Gasteiger partial charge in [0.15, 0.2) is 0 Å². The number of hydrogen-bond donors (Lipinski definition) is 2. The molecule has 0 heterocycles. The molecule has 0 unspecified atom stereocenters. The van der Waals surface area contributed by atoms with Gasteiger partial charge < -0.3 is 10.2 Å². The predicted molar refractivity (Wildman–Crippen MR) is 65.2 cm³/mol. The van der Waals surface area contributed by atoms with Crippen molar-refractivity contribution in [3.05, 3.63) is 0 Å². The fourth-order valence-corrected chi connectivity index (χ4v) is 3.36. The molecular weight excluding hydrogens is 200 g/mol. The smallest absolute Gasteiger partial charge is 0.0940 e. The molecule has 2 rings (SSSR count). The molecule has 0 aliphatic heterocycles. The number of rotatable bonds is 5. The maximum Gasteiger partial charge on any atom is 0.0940 e. The van der Waals surface area contributed by atoms with E-state index >= 15 is 0 Å². The Morgan fingerprint density at radius 1 is 1.25 bits per heavy atom. The van der Waals surface area contributed by atoms with Crippen LogP contribution in [0.4, 0.5) is 0 Å². The topological polar surface area (TPSA) is 40.5 Å². The van der Waals surface area contributed by atoms with Gasteiger partial charge in [-0.05, 0) is 37.5 Å². The van der Waals surface area contributed by atoms with Crippen molar-refractivity contribution in [2.45, 2.75) is 76.4 Å². The molecule has 0 amide bonds. The van der Waals surface area contributed by atoms with Crippen LogP contribution in [0.15, 0.2) is 0 Å². The minimum atomic E-state index is -0.711. The molecule has 2 aliphatic carbocycles. The maximum absolute atomic E-state index is 10.4. The van der Waals surface area contributed by atoms with E-state index in [1.165, 1.54) is 32.1 Å². The summed E-state index contributed by atoms with van der Waals surface area (Å²) in [5, 5.41) is 20.7. The Kier molecular flexibility index (Phi) is 3.91. The van der Waals surface area contributed by atoms with Crippen LogP contribution in [0.3, 0.4) is 0 Å². The van der Waals surface area contributed by atoms with E-state index in [0.717, 1.165) is 25.7 Å². The second-order valence-electron chi connectivity index (χ2n) is 5.88. The molecule has 2 nitrogen and oxygen atoms in total. The minimum Gasteiger partial charge on any atom is -0.390 e. The van der Waals surface area contributed by atoms with Crippen LogP contribution in [0.5, 0.6) is 0 Å². The van der Waals surface area contributed by atoms with E-state index in [0.29, 0.717) is 11.8 Å². The van der Waals surface area contributed by atoms with E-state index in [1.54, 1.807) is 0 Å². The molecule has 0 bridgehead atoms. The van der Waals surface area contributed by atoms with Gasteiger partial charge in [0.2, 0.25) is 0 Å². The van der Waals surface area contributed by atoms with E-state index in [2.05, 4.69) is 6.92 Å². The van der Waals surface area contributed by atoms with Crippen LogP contribution in [-0.4, -0.2) is 21.9 Å². The standard InChI is InChI=1S/C14H26O2/c1-2-3-9-12-10-14(12,16)13(15)11-7-5-4-6-8-11/h11-13,15-16H,2-10H2,1H3/t12-,13-,14+/m1/s1. The van der Waals surface area contributed by atoms with Crippen LogP contribution in [-0.2, 0) is 0 Å². The summed E-state index contributed by atoms with van der Waals surface area (Å²) in [6.45, 7) is 2.18. The lowest BCUT2D eigenvalue weighted by molar-refractivity contribution is -0.0538. The summed E-state index contributed by atoms with van der Waals surface area (Å²) in [5.74, 6) is 0.745. The van der Waals surface area contributed by atoms with Crippen molar-refractivity contribution in [3.8, 4) is 0 Å². The van der Waals surface area contributed by atoms with Crippen LogP contribution < -0.4 is 0 Å². The molecule has 0 spiro atoms. The summed E-state index contributed by atoms with van der Waals surface area (Å²) in [5.41, 5.74) is -0.711. The molecule has 2 N–H and O–H groups in total. The number of unbranched alkanes of at least 4 members (excludes halogenated alkanes) is 1. The molecule has 16 heavy (non-hydrogen) atoms. The Hall–Kier alpha value is -0.0800. The Morgan fingerprint density at radius 3 is 2.56 bits per heavy atom. The summed E-state index contributed by atoms with van der Waals surface area (Å²) in [7, 11) is 0. The van der Waals surface area contributed by atoms with Crippen molar-refractivity contribution in [2.75, 3.05) is 0 Å². The summed E-state index contributed by atoms with van der Waals surface area (Å²) in [6.07, 6.45) is 9.86. The van der Waals surface area contributed by atoms with Gasteiger partial charge in [0.05, 0.1) is 11.7 Å². The van der Waals surface area contributed by atoms with Crippen molar-refractivity contribution >= 4 is 0 Å². The Bertz CT molecular complexity index is 223. The second-order valence-corrected chi connectivity index (χ2v) is 5.88. The Labute approximate surface area is 99.1 Å². The van der Waals surface area contributed by atoms with Crippen molar-refractivity contribution in [3.63, 3.8) is 0 Å². The molecule has 0 aromatic carbocycles. The SMILES string of the molecule is CCCC[C@@H]1C[C@@]1(O)[C@H](O)C1CCCCC1. The zero-order valence-corrected chi connectivity index (χ0v) is 10.5. The molecule has 2 aliphatic rings. The number of aliphatic hydroxyl groups excluding tert-OH is 1. The highest BCUT2D eigenvalue weighted by atomic mass is 16.3. The van der Waals surface area contributed by atoms with E-state index in [4.69, 9.17) is 0 Å². The van der Waals surface area contributed by atoms with Crippen LogP contribution in [0.2, 0.25) is 0 Å². The molecule has 3 atom stereocenters. The quantitative estimate of drug-likeness (QED) is 0.756. The third-order valence-corrected chi connectivity index (χ3v) is 4.63. The number of aliphatic hydroxyl groups is 2. The molecule has 2 heteroatoms. The lowest BCUT2D eigenvalue weighted by atomic mass is 9.82. The molecule has 2 saturated carbocycles. The van der Waals surface area contributed by atoms with Crippen molar-refractivity contribution in [1.29, 1.82) is 0 Å². The van der Waals surface area contributed by atoms with Crippen LogP contribution in [0, 0.1) is 11.8 Å². The van der Waals surface area contributed by atoms with Gasteiger partial charge in [0.25, 0.3) is 0 Å². The highest BCUT2D eigenvalue weighted by Gasteiger charge is 2.58. The third kappa shape index (κ3) is 2.43. The van der Waals surface area contributed by atoms with Crippen molar-refractivity contribution in [2.24, 2.45) is 11.8 Å². The van der Waals surface area contributed by atoms with E-state index in [9.17, 15) is 10.2 Å². The second kappa shape index (κ2) is 5.05. The normalized spacial score (nSPS) is 37.3. The molecule has 0 radical (unpaired) electrons. The molecule has 2 fully saturated rings. The van der Waals surface area contributed by atoms with Gasteiger partial charge in [-0.15, -0.1) is 0 Å². The average molecular weight is 226 g/mol. The van der Waals surface area contributed by atoms with Gasteiger partial charge in [0.1, 0.15) is 0 Å². The Balaban J connectivity index is 1.82. The Morgan fingerprint density at radius 2 is 1.94 bits per heavy atom. The van der Waals surface area contributed by atoms with Gasteiger partial charge in [-0.1, -0.05) is 39.0 Å². The first-order valence-corrected chi connectivity index (χ1v) is 7.09. The first-order chi connectivity index (χ1) is 7.68. The zero-order valence-electron chi connectivity index (χ0n) is 10.5. The van der Waals surface area contributed by atoms with Gasteiger partial charge >= 0.3 is 0 Å². The third-order valence-electron chi connectivity index (χ3n) is 4.63. The van der Waals surface area contributed by atoms with Gasteiger partial charge in [-0.3, -0.25) is 0 Å². The summed E-state index contributed by atoms with van der Waals surface area (Å²) in [4.78, 5) is 0. The molecule has 0 saturated heterocycles. The van der Waals surface area contributed by atoms with Crippen LogP contribution in [0.1, 0.15) is 64.7 Å². The largest absolute Gasteiger partial charge is 0.390 e. The lowest BCUT2D eigenvalue weighted by Gasteiger charge is -2.30. The van der Waals surface area contributed by atoms with E-state index < -0.39 is 11.7 Å². The summed E-state index contributed by atoms with van der Waals surface area (Å²) >= 11 is 0. The maximum atomic E-state index is 10.4. The van der Waals surface area contributed by atoms with Gasteiger partial charge in [0, 0.05) is 0 Å². The zero-order chi connectivity index (χ0) is 11.6. The monoisotopic (exact) mass is 226 g/mol. The first kappa shape index (κ1) is 12.4. The van der Waals surface area contributed by atoms with E-state index in [1.807, 2.05) is 0 Å².